The second kappa shape index (κ2) is 5.65. The number of carbonyl (C=O) groups excluding carboxylic acids is 1. The van der Waals surface area contributed by atoms with Crippen LogP contribution in [0.5, 0.6) is 0 Å². The monoisotopic (exact) mass is 411 g/mol. The predicted octanol–water partition coefficient (Wildman–Crippen LogP) is 4.97. The Morgan fingerprint density at radius 3 is 2.87 bits per heavy atom. The number of aromatic nitrogens is 2. The number of carbonyl (C=O) groups is 1. The minimum Gasteiger partial charge on any atom is -0.343 e. The number of ketones is 1. The number of anilines is 1. The van der Waals surface area contributed by atoms with Crippen LogP contribution in [0.25, 0.3) is 0 Å². The second-order valence-corrected chi connectivity index (χ2v) is 7.32. The standard InChI is InChI=1S/C16H12BrCl2N3O/c17-9-7-20-22-15(8-4-5-10(18)11(19)6-8)14-12(21-16(9)22)2-1-3-13(14)23/h4-7,15,21H,1-3H2/t15-/m0/s1. The van der Waals surface area contributed by atoms with Crippen LogP contribution < -0.4 is 5.32 Å². The first kappa shape index (κ1) is 15.2. The number of benzene rings is 1. The van der Waals surface area contributed by atoms with E-state index in [-0.39, 0.29) is 11.8 Å². The normalized spacial score (nSPS) is 20.1. The summed E-state index contributed by atoms with van der Waals surface area (Å²) in [6, 6.07) is 5.18. The van der Waals surface area contributed by atoms with Crippen LogP contribution in [0.4, 0.5) is 5.82 Å². The fourth-order valence-electron chi connectivity index (χ4n) is 3.22. The molecule has 2 aliphatic rings. The SMILES string of the molecule is O=C1CCCC2=C1[C@H](c1ccc(Cl)c(Cl)c1)n1ncc(Br)c1N2. The van der Waals surface area contributed by atoms with E-state index in [1.807, 2.05) is 16.8 Å². The van der Waals surface area contributed by atoms with Gasteiger partial charge < -0.3 is 5.32 Å². The Kier molecular flexibility index (Phi) is 3.75. The van der Waals surface area contributed by atoms with Gasteiger partial charge in [0, 0.05) is 17.7 Å². The van der Waals surface area contributed by atoms with Gasteiger partial charge in [-0.25, -0.2) is 4.68 Å². The Hall–Kier alpha value is -1.30. The largest absolute Gasteiger partial charge is 0.343 e. The Morgan fingerprint density at radius 2 is 2.09 bits per heavy atom. The van der Waals surface area contributed by atoms with E-state index in [4.69, 9.17) is 23.2 Å². The second-order valence-electron chi connectivity index (χ2n) is 5.66. The van der Waals surface area contributed by atoms with E-state index in [9.17, 15) is 4.79 Å². The summed E-state index contributed by atoms with van der Waals surface area (Å²) in [6.45, 7) is 0. The van der Waals surface area contributed by atoms with E-state index in [2.05, 4.69) is 26.3 Å². The smallest absolute Gasteiger partial charge is 0.163 e. The molecule has 0 fully saturated rings. The van der Waals surface area contributed by atoms with Gasteiger partial charge in [0.25, 0.3) is 0 Å². The Bertz CT molecular complexity index is 859. The summed E-state index contributed by atoms with van der Waals surface area (Å²) in [5, 5.41) is 8.76. The van der Waals surface area contributed by atoms with Crippen molar-refractivity contribution in [1.82, 2.24) is 9.78 Å². The number of hydrogen-bond donors (Lipinski definition) is 1. The van der Waals surface area contributed by atoms with Gasteiger partial charge >= 0.3 is 0 Å². The van der Waals surface area contributed by atoms with Crippen molar-refractivity contribution < 1.29 is 4.79 Å². The first-order chi connectivity index (χ1) is 11.1. The highest BCUT2D eigenvalue weighted by molar-refractivity contribution is 9.10. The zero-order chi connectivity index (χ0) is 16.1. The van der Waals surface area contributed by atoms with Crippen molar-refractivity contribution in [3.8, 4) is 0 Å². The molecule has 1 N–H and O–H groups in total. The van der Waals surface area contributed by atoms with Crippen molar-refractivity contribution in [3.63, 3.8) is 0 Å². The first-order valence-electron chi connectivity index (χ1n) is 7.27. The van der Waals surface area contributed by atoms with E-state index < -0.39 is 0 Å². The van der Waals surface area contributed by atoms with E-state index in [0.29, 0.717) is 16.5 Å². The molecule has 0 bridgehead atoms. The number of nitrogens with zero attached hydrogens (tertiary/aromatic N) is 2. The lowest BCUT2D eigenvalue weighted by Crippen LogP contribution is -2.31. The van der Waals surface area contributed by atoms with Gasteiger partial charge in [-0.2, -0.15) is 5.10 Å². The van der Waals surface area contributed by atoms with Gasteiger partial charge in [-0.15, -0.1) is 0 Å². The highest BCUT2D eigenvalue weighted by Gasteiger charge is 2.36. The van der Waals surface area contributed by atoms with E-state index >= 15 is 0 Å². The molecule has 1 aromatic carbocycles. The summed E-state index contributed by atoms with van der Waals surface area (Å²) in [6.07, 6.45) is 4.02. The third-order valence-corrected chi connectivity index (χ3v) is 5.57. The van der Waals surface area contributed by atoms with Crippen LogP contribution in [-0.2, 0) is 4.79 Å². The molecule has 0 saturated heterocycles. The molecule has 1 aliphatic carbocycles. The van der Waals surface area contributed by atoms with Crippen molar-refractivity contribution in [1.29, 1.82) is 0 Å². The zero-order valence-electron chi connectivity index (χ0n) is 11.9. The summed E-state index contributed by atoms with van der Waals surface area (Å²) in [7, 11) is 0. The fraction of sp³-hybridized carbons (Fsp3) is 0.250. The van der Waals surface area contributed by atoms with Crippen LogP contribution >= 0.6 is 39.1 Å². The summed E-state index contributed by atoms with van der Waals surface area (Å²) in [5.41, 5.74) is 2.66. The maximum Gasteiger partial charge on any atom is 0.163 e. The molecule has 4 rings (SSSR count). The molecule has 0 amide bonds. The highest BCUT2D eigenvalue weighted by atomic mass is 79.9. The topological polar surface area (TPSA) is 46.9 Å². The quantitative estimate of drug-likeness (QED) is 0.718. The van der Waals surface area contributed by atoms with Gasteiger partial charge in [-0.05, 0) is 46.5 Å². The summed E-state index contributed by atoms with van der Waals surface area (Å²) < 4.78 is 2.69. The molecule has 118 valence electrons. The van der Waals surface area contributed by atoms with E-state index in [0.717, 1.165) is 40.0 Å². The molecule has 0 radical (unpaired) electrons. The number of halogens is 3. The molecule has 2 heterocycles. The maximum atomic E-state index is 12.6. The van der Waals surface area contributed by atoms with Gasteiger partial charge in [0.05, 0.1) is 20.7 Å². The average molecular weight is 413 g/mol. The molecule has 23 heavy (non-hydrogen) atoms. The van der Waals surface area contributed by atoms with Crippen molar-refractivity contribution in [2.24, 2.45) is 0 Å². The van der Waals surface area contributed by atoms with Crippen LogP contribution in [-0.4, -0.2) is 15.6 Å². The molecular weight excluding hydrogens is 401 g/mol. The number of Topliss-reactive ketones (excluding diaryl/α,β-unsaturated/α-hetero) is 1. The zero-order valence-corrected chi connectivity index (χ0v) is 15.0. The van der Waals surface area contributed by atoms with Crippen molar-refractivity contribution in [3.05, 3.63) is 55.7 Å². The predicted molar refractivity (Wildman–Crippen MR) is 94.0 cm³/mol. The van der Waals surface area contributed by atoms with Gasteiger partial charge in [-0.1, -0.05) is 29.3 Å². The number of hydrogen-bond acceptors (Lipinski definition) is 3. The fourth-order valence-corrected chi connectivity index (χ4v) is 3.90. The number of rotatable bonds is 1. The minimum atomic E-state index is -0.282. The van der Waals surface area contributed by atoms with Gasteiger partial charge in [-0.3, -0.25) is 4.79 Å². The lowest BCUT2D eigenvalue weighted by Gasteiger charge is -2.33. The molecule has 4 nitrogen and oxygen atoms in total. The van der Waals surface area contributed by atoms with Gasteiger partial charge in [0.15, 0.2) is 5.78 Å². The molecule has 0 saturated carbocycles. The molecular formula is C16H12BrCl2N3O. The molecule has 2 aromatic rings. The molecule has 7 heteroatoms. The molecule has 1 aromatic heterocycles. The third kappa shape index (κ3) is 2.42. The van der Waals surface area contributed by atoms with E-state index in [1.165, 1.54) is 0 Å². The lowest BCUT2D eigenvalue weighted by molar-refractivity contribution is -0.116. The number of allylic oxidation sites excluding steroid dienone is 2. The first-order valence-corrected chi connectivity index (χ1v) is 8.82. The van der Waals surface area contributed by atoms with Crippen LogP contribution in [0.1, 0.15) is 30.9 Å². The van der Waals surface area contributed by atoms with Crippen LogP contribution in [0.3, 0.4) is 0 Å². The minimum absolute atomic E-state index is 0.159. The molecule has 0 unspecified atom stereocenters. The van der Waals surface area contributed by atoms with E-state index in [1.54, 1.807) is 12.3 Å². The third-order valence-electron chi connectivity index (χ3n) is 4.25. The highest BCUT2D eigenvalue weighted by Crippen LogP contribution is 2.43. The molecule has 0 spiro atoms. The summed E-state index contributed by atoms with van der Waals surface area (Å²) in [4.78, 5) is 12.6. The Morgan fingerprint density at radius 1 is 1.26 bits per heavy atom. The van der Waals surface area contributed by atoms with Crippen LogP contribution in [0, 0.1) is 0 Å². The van der Waals surface area contributed by atoms with Crippen LogP contribution in [0.15, 0.2) is 40.1 Å². The molecule has 1 atom stereocenters. The lowest BCUT2D eigenvalue weighted by atomic mass is 9.85. The number of nitrogens with one attached hydrogen (secondary N) is 1. The summed E-state index contributed by atoms with van der Waals surface area (Å²) in [5.74, 6) is 1.02. The van der Waals surface area contributed by atoms with Crippen molar-refractivity contribution >= 4 is 50.7 Å². The van der Waals surface area contributed by atoms with Crippen molar-refractivity contribution in [2.75, 3.05) is 5.32 Å². The Labute approximate surface area is 151 Å². The average Bonchev–Trinajstić information content (AvgIpc) is 2.90. The van der Waals surface area contributed by atoms with Crippen molar-refractivity contribution in [2.45, 2.75) is 25.3 Å². The number of fused-ring (bicyclic) bond motifs is 1. The van der Waals surface area contributed by atoms with Crippen LogP contribution in [0.2, 0.25) is 10.0 Å². The van der Waals surface area contributed by atoms with Gasteiger partial charge in [0.1, 0.15) is 11.9 Å². The Balaban J connectivity index is 1.94. The molecule has 1 aliphatic heterocycles. The maximum absolute atomic E-state index is 12.6. The summed E-state index contributed by atoms with van der Waals surface area (Å²) >= 11 is 15.7. The van der Waals surface area contributed by atoms with Gasteiger partial charge in [0.2, 0.25) is 0 Å².